The van der Waals surface area contributed by atoms with E-state index < -0.39 is 63.8 Å². The monoisotopic (exact) mass is 849 g/mol. The van der Waals surface area contributed by atoms with Crippen molar-refractivity contribution < 1.29 is 47.7 Å². The predicted molar refractivity (Wildman–Crippen MR) is 225 cm³/mol. The van der Waals surface area contributed by atoms with Crippen LogP contribution < -0.4 is 31.6 Å². The van der Waals surface area contributed by atoms with Gasteiger partial charge in [-0.25, -0.2) is 18.8 Å². The number of carbonyl (C=O) groups is 6. The molecule has 2 heterocycles. The number of piperazine rings is 1. The number of nitrogens with one attached hydrogen (secondary N) is 4. The number of carboxylic acid groups (broad SMARTS) is 1. The van der Waals surface area contributed by atoms with Crippen LogP contribution in [-0.4, -0.2) is 101 Å². The molecule has 330 valence electrons. The molecule has 5 amide bonds. The van der Waals surface area contributed by atoms with E-state index in [9.17, 15) is 38.7 Å². The molecular formula is C43H56FN7O10. The summed E-state index contributed by atoms with van der Waals surface area (Å²) in [5, 5.41) is 20.5. The lowest BCUT2D eigenvalue weighted by Gasteiger charge is -2.39. The molecular weight excluding hydrogens is 794 g/mol. The maximum absolute atomic E-state index is 15.3. The van der Waals surface area contributed by atoms with E-state index in [2.05, 4.69) is 21.3 Å². The first-order valence-electron chi connectivity index (χ1n) is 20.7. The first-order valence-corrected chi connectivity index (χ1v) is 20.7. The highest BCUT2D eigenvalue weighted by molar-refractivity contribution is 6.08. The van der Waals surface area contributed by atoms with Crippen molar-refractivity contribution in [2.75, 3.05) is 49.5 Å². The maximum Gasteiger partial charge on any atom is 0.410 e. The summed E-state index contributed by atoms with van der Waals surface area (Å²) in [4.78, 5) is 92.6. The van der Waals surface area contributed by atoms with Crippen molar-refractivity contribution in [2.24, 2.45) is 5.41 Å². The Labute approximate surface area is 353 Å². The minimum atomic E-state index is -1.38. The highest BCUT2D eigenvalue weighted by Gasteiger charge is 2.51. The van der Waals surface area contributed by atoms with E-state index in [0.717, 1.165) is 6.07 Å². The lowest BCUT2D eigenvalue weighted by molar-refractivity contribution is -0.150. The molecule has 0 bridgehead atoms. The Morgan fingerprint density at radius 3 is 2.21 bits per heavy atom. The molecule has 1 aromatic heterocycles. The zero-order chi connectivity index (χ0) is 44.5. The molecule has 2 fully saturated rings. The second kappa shape index (κ2) is 19.9. The number of carbonyl (C=O) groups excluding carboxylic acids is 5. The van der Waals surface area contributed by atoms with Crippen molar-refractivity contribution in [3.63, 3.8) is 0 Å². The minimum Gasteiger partial charge on any atom is -0.477 e. The number of ether oxygens (including phenoxy) is 2. The van der Waals surface area contributed by atoms with Gasteiger partial charge in [-0.05, 0) is 96.6 Å². The number of amides is 5. The Morgan fingerprint density at radius 1 is 0.934 bits per heavy atom. The van der Waals surface area contributed by atoms with Crippen LogP contribution in [0.2, 0.25) is 0 Å². The number of alkyl carbamates (subject to hydrolysis) is 1. The van der Waals surface area contributed by atoms with Gasteiger partial charge in [0.25, 0.3) is 0 Å². The molecule has 1 aliphatic carbocycles. The number of benzene rings is 2. The van der Waals surface area contributed by atoms with E-state index in [-0.39, 0.29) is 56.2 Å². The fraction of sp³-hybridized carbons (Fsp3) is 0.512. The zero-order valence-corrected chi connectivity index (χ0v) is 35.4. The van der Waals surface area contributed by atoms with Gasteiger partial charge in [-0.2, -0.15) is 0 Å². The first-order chi connectivity index (χ1) is 29.0. The summed E-state index contributed by atoms with van der Waals surface area (Å²) in [6.45, 7) is 10.9. The number of hydrogen-bond acceptors (Lipinski definition) is 10. The smallest absolute Gasteiger partial charge is 0.410 e. The standard InChI is InChI=1S/C43H56FN7O10/c1-6-45-38(56)43(16-10-17-43)39(57)48-32(11-8-9-18-46-40(58)61-42(3,4)5)36(53)47-28-14-12-27(13-15-28)26-60-41(59)51-21-19-50(20-22-51)34-24-33-29(23-31(34)44)35(52)30(37(54)55)25-49(33)7-2/h12-15,23-25,32H,6-11,16-22,26H2,1-5H3,(H,45,56)(H,46,58)(H,47,53)(H,48,57)(H,54,55)/t32-/m0/s1. The summed E-state index contributed by atoms with van der Waals surface area (Å²) in [6.07, 6.45) is 2.86. The van der Waals surface area contributed by atoms with Gasteiger partial charge in [-0.3, -0.25) is 19.2 Å². The molecule has 5 rings (SSSR count). The quantitative estimate of drug-likeness (QED) is 0.0980. The van der Waals surface area contributed by atoms with Crippen molar-refractivity contribution in [1.29, 1.82) is 0 Å². The van der Waals surface area contributed by atoms with Crippen LogP contribution in [0.3, 0.4) is 0 Å². The van der Waals surface area contributed by atoms with Crippen LogP contribution in [0.5, 0.6) is 0 Å². The maximum atomic E-state index is 15.3. The molecule has 0 spiro atoms. The summed E-state index contributed by atoms with van der Waals surface area (Å²) in [5.41, 5.74) is -1.34. The second-order valence-electron chi connectivity index (χ2n) is 16.2. The number of anilines is 2. The largest absolute Gasteiger partial charge is 0.477 e. The third-order valence-corrected chi connectivity index (χ3v) is 10.8. The first kappa shape index (κ1) is 45.9. The molecule has 18 heteroatoms. The van der Waals surface area contributed by atoms with Gasteiger partial charge in [-0.1, -0.05) is 18.6 Å². The van der Waals surface area contributed by atoms with E-state index in [1.807, 2.05) is 0 Å². The van der Waals surface area contributed by atoms with Crippen LogP contribution in [0.25, 0.3) is 10.9 Å². The average molecular weight is 850 g/mol. The molecule has 1 saturated carbocycles. The minimum absolute atomic E-state index is 0.0249. The molecule has 1 atom stereocenters. The lowest BCUT2D eigenvalue weighted by atomic mass is 9.67. The van der Waals surface area contributed by atoms with Crippen molar-refractivity contribution in [3.8, 4) is 0 Å². The Bertz CT molecular complexity index is 2170. The van der Waals surface area contributed by atoms with Gasteiger partial charge < -0.3 is 50.2 Å². The normalized spacial score (nSPS) is 15.2. The summed E-state index contributed by atoms with van der Waals surface area (Å²) < 4.78 is 27.8. The van der Waals surface area contributed by atoms with Crippen molar-refractivity contribution in [3.05, 3.63) is 69.8 Å². The number of aromatic nitrogens is 1. The van der Waals surface area contributed by atoms with E-state index >= 15 is 4.39 Å². The summed E-state index contributed by atoms with van der Waals surface area (Å²) >= 11 is 0. The van der Waals surface area contributed by atoms with E-state index in [0.29, 0.717) is 68.5 Å². The molecule has 0 radical (unpaired) electrons. The van der Waals surface area contributed by atoms with Gasteiger partial charge in [0, 0.05) is 63.1 Å². The molecule has 17 nitrogen and oxygen atoms in total. The molecule has 0 unspecified atom stereocenters. The lowest BCUT2D eigenvalue weighted by Crippen LogP contribution is -2.58. The van der Waals surface area contributed by atoms with Crippen LogP contribution in [0.4, 0.5) is 25.4 Å². The van der Waals surface area contributed by atoms with Crippen LogP contribution in [0.1, 0.15) is 89.1 Å². The van der Waals surface area contributed by atoms with E-state index in [4.69, 9.17) is 9.47 Å². The van der Waals surface area contributed by atoms with Gasteiger partial charge in [0.05, 0.1) is 11.2 Å². The number of halogens is 1. The van der Waals surface area contributed by atoms with Gasteiger partial charge >= 0.3 is 18.2 Å². The Balaban J connectivity index is 1.14. The molecule has 1 saturated heterocycles. The van der Waals surface area contributed by atoms with Gasteiger partial charge in [0.15, 0.2) is 0 Å². The second-order valence-corrected chi connectivity index (χ2v) is 16.2. The zero-order valence-electron chi connectivity index (χ0n) is 35.4. The average Bonchev–Trinajstić information content (AvgIpc) is 3.19. The molecule has 1 aliphatic heterocycles. The number of unbranched alkanes of at least 4 members (excludes halogenated alkanes) is 1. The van der Waals surface area contributed by atoms with Gasteiger partial charge in [0.2, 0.25) is 23.2 Å². The number of nitrogens with zero attached hydrogens (tertiary/aromatic N) is 3. The number of hydrogen-bond donors (Lipinski definition) is 5. The Kier molecular flexibility index (Phi) is 15.0. The number of pyridine rings is 1. The van der Waals surface area contributed by atoms with Crippen LogP contribution in [0, 0.1) is 11.2 Å². The molecule has 3 aromatic rings. The van der Waals surface area contributed by atoms with Crippen molar-refractivity contribution in [1.82, 2.24) is 25.4 Å². The van der Waals surface area contributed by atoms with E-state index in [1.165, 1.54) is 17.2 Å². The molecule has 61 heavy (non-hydrogen) atoms. The van der Waals surface area contributed by atoms with E-state index in [1.54, 1.807) is 68.4 Å². The Hall–Kier alpha value is -6.20. The SMILES string of the molecule is CCNC(=O)C1(C(=O)N[C@@H](CCCCNC(=O)OC(C)(C)C)C(=O)Nc2ccc(COC(=O)N3CCN(c4cc5c(cc4F)c(=O)c(C(=O)O)cn5CC)CC3)cc2)CCC1. The fourth-order valence-corrected chi connectivity index (χ4v) is 7.30. The van der Waals surface area contributed by atoms with Gasteiger partial charge in [-0.15, -0.1) is 0 Å². The molecule has 2 aliphatic rings. The third kappa shape index (κ3) is 11.3. The predicted octanol–water partition coefficient (Wildman–Crippen LogP) is 4.74. The number of aromatic carboxylic acids is 1. The van der Waals surface area contributed by atoms with Gasteiger partial charge in [0.1, 0.15) is 35.0 Å². The Morgan fingerprint density at radius 2 is 1.62 bits per heavy atom. The third-order valence-electron chi connectivity index (χ3n) is 10.8. The summed E-state index contributed by atoms with van der Waals surface area (Å²) in [6, 6.07) is 8.29. The number of carboxylic acids is 1. The van der Waals surface area contributed by atoms with Crippen LogP contribution in [-0.2, 0) is 37.0 Å². The van der Waals surface area contributed by atoms with Crippen molar-refractivity contribution >= 4 is 58.2 Å². The fourth-order valence-electron chi connectivity index (χ4n) is 7.30. The van der Waals surface area contributed by atoms with Crippen molar-refractivity contribution in [2.45, 2.75) is 97.9 Å². The highest BCUT2D eigenvalue weighted by Crippen LogP contribution is 2.41. The van der Waals surface area contributed by atoms with Crippen LogP contribution >= 0.6 is 0 Å². The summed E-state index contributed by atoms with van der Waals surface area (Å²) in [7, 11) is 0. The molecule has 2 aromatic carbocycles. The van der Waals surface area contributed by atoms with Crippen LogP contribution in [0.15, 0.2) is 47.4 Å². The number of fused-ring (bicyclic) bond motifs is 1. The summed E-state index contributed by atoms with van der Waals surface area (Å²) in [5.74, 6) is -3.40. The highest BCUT2D eigenvalue weighted by atomic mass is 19.1. The number of aryl methyl sites for hydroxylation is 1. The topological polar surface area (TPSA) is 218 Å². The number of rotatable bonds is 16. The molecule has 5 N–H and O–H groups in total.